The fourth-order valence-corrected chi connectivity index (χ4v) is 1.53. The fraction of sp³-hybridized carbons (Fsp3) is 0.250. The van der Waals surface area contributed by atoms with Crippen LogP contribution in [0.2, 0.25) is 0 Å². The first-order valence-corrected chi connectivity index (χ1v) is 5.19. The van der Waals surface area contributed by atoms with Gasteiger partial charge in [-0.15, -0.1) is 0 Å². The van der Waals surface area contributed by atoms with E-state index in [4.69, 9.17) is 4.74 Å². The summed E-state index contributed by atoms with van der Waals surface area (Å²) >= 11 is 0. The number of rotatable bonds is 3. The molecule has 0 amide bonds. The molecule has 1 aromatic rings. The van der Waals surface area contributed by atoms with Gasteiger partial charge in [0.05, 0.1) is 7.11 Å². The van der Waals surface area contributed by atoms with Crippen molar-refractivity contribution in [3.8, 4) is 5.75 Å². The summed E-state index contributed by atoms with van der Waals surface area (Å²) in [7, 11) is -3.44. The van der Waals surface area contributed by atoms with Crippen molar-refractivity contribution in [1.82, 2.24) is 0 Å². The van der Waals surface area contributed by atoms with Crippen molar-refractivity contribution in [2.45, 2.75) is 5.44 Å². The maximum absolute atomic E-state index is 10.5. The number of ether oxygens (including phenoxy) is 1. The van der Waals surface area contributed by atoms with E-state index in [9.17, 15) is 18.1 Å². The van der Waals surface area contributed by atoms with Gasteiger partial charge in [-0.25, -0.2) is 8.42 Å². The van der Waals surface area contributed by atoms with Crippen LogP contribution in [0.5, 0.6) is 5.75 Å². The molecule has 1 N–H and O–H groups in total. The third kappa shape index (κ3) is 3.75. The van der Waals surface area contributed by atoms with Crippen LogP contribution in [0.4, 0.5) is 0 Å². The van der Waals surface area contributed by atoms with Gasteiger partial charge in [-0.1, -0.05) is 18.2 Å². The van der Waals surface area contributed by atoms with Crippen LogP contribution < -0.4 is 34.3 Å². The topological polar surface area (TPSA) is 86.7 Å². The smallest absolute Gasteiger partial charge is 0.746 e. The summed E-state index contributed by atoms with van der Waals surface area (Å²) in [5.41, 5.74) is -2.14. The Kier molecular flexibility index (Phi) is 5.79. The van der Waals surface area contributed by atoms with Gasteiger partial charge in [0.2, 0.25) is 0 Å². The minimum atomic E-state index is -4.76. The molecule has 0 aliphatic rings. The largest absolute Gasteiger partial charge is 1.00 e. The second-order valence-electron chi connectivity index (χ2n) is 2.59. The predicted molar refractivity (Wildman–Crippen MR) is 47.7 cm³/mol. The summed E-state index contributed by atoms with van der Waals surface area (Å²) < 4.78 is 36.4. The van der Waals surface area contributed by atoms with Crippen LogP contribution in [0.1, 0.15) is 11.0 Å². The molecule has 0 aromatic heterocycles. The quantitative estimate of drug-likeness (QED) is 0.456. The SMILES string of the molecule is COc1ccccc1C(O)S(=O)(=O)[O-].[Na+]. The monoisotopic (exact) mass is 240 g/mol. The molecule has 0 aliphatic carbocycles. The van der Waals surface area contributed by atoms with Crippen molar-refractivity contribution in [2.75, 3.05) is 7.11 Å². The molecule has 15 heavy (non-hydrogen) atoms. The molecular weight excluding hydrogens is 231 g/mol. The van der Waals surface area contributed by atoms with E-state index < -0.39 is 15.6 Å². The second kappa shape index (κ2) is 5.83. The molecule has 5 nitrogen and oxygen atoms in total. The molecule has 1 atom stereocenters. The third-order valence-corrected chi connectivity index (χ3v) is 2.48. The maximum atomic E-state index is 10.5. The molecule has 1 rings (SSSR count). The normalized spacial score (nSPS) is 12.7. The molecule has 0 fully saturated rings. The summed E-state index contributed by atoms with van der Waals surface area (Å²) in [5, 5.41) is 9.19. The second-order valence-corrected chi connectivity index (χ2v) is 4.02. The standard InChI is InChI=1S/C8H10O5S.Na/c1-13-7-5-3-2-4-6(7)8(9)14(10,11)12;/h2-5,8-9H,1H3,(H,10,11,12);/q;+1/p-1. The van der Waals surface area contributed by atoms with Crippen molar-refractivity contribution in [2.24, 2.45) is 0 Å². The Morgan fingerprint density at radius 1 is 1.40 bits per heavy atom. The zero-order chi connectivity index (χ0) is 10.8. The van der Waals surface area contributed by atoms with Gasteiger partial charge < -0.3 is 14.4 Å². The van der Waals surface area contributed by atoms with E-state index in [1.807, 2.05) is 0 Å². The molecule has 7 heteroatoms. The molecule has 0 saturated carbocycles. The van der Waals surface area contributed by atoms with Gasteiger partial charge in [-0.2, -0.15) is 0 Å². The fourth-order valence-electron chi connectivity index (χ4n) is 1.03. The summed E-state index contributed by atoms with van der Waals surface area (Å²) in [6.45, 7) is 0. The Morgan fingerprint density at radius 3 is 2.40 bits per heavy atom. The number of aliphatic hydroxyl groups is 1. The van der Waals surface area contributed by atoms with Gasteiger partial charge in [0.25, 0.3) is 0 Å². The Labute approximate surface area is 110 Å². The van der Waals surface area contributed by atoms with Crippen molar-refractivity contribution < 1.29 is 52.4 Å². The molecule has 1 aromatic carbocycles. The Balaban J connectivity index is 0.00000196. The first-order valence-electron chi connectivity index (χ1n) is 3.72. The summed E-state index contributed by atoms with van der Waals surface area (Å²) in [6, 6.07) is 5.89. The van der Waals surface area contributed by atoms with Crippen LogP contribution in [0, 0.1) is 0 Å². The van der Waals surface area contributed by atoms with Crippen molar-refractivity contribution >= 4 is 10.1 Å². The summed E-state index contributed by atoms with van der Waals surface area (Å²) in [6.07, 6.45) is 0. The van der Waals surface area contributed by atoms with E-state index >= 15 is 0 Å². The van der Waals surface area contributed by atoms with Crippen LogP contribution in [0.25, 0.3) is 0 Å². The van der Waals surface area contributed by atoms with E-state index in [1.165, 1.54) is 25.3 Å². The Hall–Kier alpha value is -0.110. The number of para-hydroxylation sites is 1. The number of aliphatic hydroxyl groups excluding tert-OH is 1. The van der Waals surface area contributed by atoms with Crippen LogP contribution in [-0.2, 0) is 10.1 Å². The van der Waals surface area contributed by atoms with E-state index in [1.54, 1.807) is 6.07 Å². The maximum Gasteiger partial charge on any atom is 1.00 e. The average molecular weight is 240 g/mol. The minimum absolute atomic E-state index is 0. The summed E-state index contributed by atoms with van der Waals surface area (Å²) in [5.74, 6) is 0.166. The molecule has 0 aliphatic heterocycles. The Morgan fingerprint density at radius 2 is 1.93 bits per heavy atom. The van der Waals surface area contributed by atoms with Gasteiger partial charge in [0, 0.05) is 5.56 Å². The number of hydrogen-bond acceptors (Lipinski definition) is 5. The van der Waals surface area contributed by atoms with Crippen molar-refractivity contribution in [3.05, 3.63) is 29.8 Å². The van der Waals surface area contributed by atoms with E-state index in [2.05, 4.69) is 0 Å². The van der Waals surface area contributed by atoms with Gasteiger partial charge in [0.15, 0.2) is 5.44 Å². The van der Waals surface area contributed by atoms with Crippen LogP contribution >= 0.6 is 0 Å². The van der Waals surface area contributed by atoms with E-state index in [0.29, 0.717) is 0 Å². The zero-order valence-electron chi connectivity index (χ0n) is 8.38. The minimum Gasteiger partial charge on any atom is -0.746 e. The molecule has 0 heterocycles. The van der Waals surface area contributed by atoms with Crippen LogP contribution in [-0.4, -0.2) is 25.2 Å². The molecule has 0 bridgehead atoms. The zero-order valence-corrected chi connectivity index (χ0v) is 11.2. The van der Waals surface area contributed by atoms with Crippen molar-refractivity contribution in [3.63, 3.8) is 0 Å². The molecule has 78 valence electrons. The molecule has 0 spiro atoms. The Bertz CT molecular complexity index is 417. The summed E-state index contributed by atoms with van der Waals surface area (Å²) in [4.78, 5) is 0. The number of hydrogen-bond donors (Lipinski definition) is 1. The van der Waals surface area contributed by atoms with Gasteiger partial charge >= 0.3 is 29.6 Å². The number of methoxy groups -OCH3 is 1. The first kappa shape index (κ1) is 14.9. The molecular formula is C8H9NaO5S. The molecule has 0 radical (unpaired) electrons. The van der Waals surface area contributed by atoms with E-state index in [0.717, 1.165) is 0 Å². The van der Waals surface area contributed by atoms with E-state index in [-0.39, 0.29) is 40.9 Å². The van der Waals surface area contributed by atoms with Crippen LogP contribution in [0.3, 0.4) is 0 Å². The molecule has 1 unspecified atom stereocenters. The third-order valence-electron chi connectivity index (χ3n) is 1.68. The average Bonchev–Trinajstić information content (AvgIpc) is 2.15. The predicted octanol–water partition coefficient (Wildman–Crippen LogP) is -2.76. The van der Waals surface area contributed by atoms with Gasteiger partial charge in [-0.3, -0.25) is 0 Å². The van der Waals surface area contributed by atoms with Crippen LogP contribution in [0.15, 0.2) is 24.3 Å². The van der Waals surface area contributed by atoms with Crippen molar-refractivity contribution in [1.29, 1.82) is 0 Å². The van der Waals surface area contributed by atoms with Gasteiger partial charge in [0.1, 0.15) is 15.9 Å². The number of benzene rings is 1. The molecule has 0 saturated heterocycles. The van der Waals surface area contributed by atoms with Gasteiger partial charge in [-0.05, 0) is 6.07 Å². The first-order chi connectivity index (χ1) is 6.46.